The third-order valence-corrected chi connectivity index (χ3v) is 6.06. The van der Waals surface area contributed by atoms with Gasteiger partial charge in [-0.3, -0.25) is 0 Å². The highest BCUT2D eigenvalue weighted by Crippen LogP contribution is 2.38. The predicted octanol–water partition coefficient (Wildman–Crippen LogP) is 6.34. The molecule has 128 valence electrons. The van der Waals surface area contributed by atoms with Crippen LogP contribution in [0, 0.1) is 0 Å². The van der Waals surface area contributed by atoms with Gasteiger partial charge in [-0.2, -0.15) is 0 Å². The Hall–Kier alpha value is -1.29. The molecule has 1 unspecified atom stereocenters. The molecular formula is C20H25ClN2S. The molecule has 1 atom stereocenters. The van der Waals surface area contributed by atoms with Crippen molar-refractivity contribution in [1.29, 1.82) is 0 Å². The number of unbranched alkanes of at least 4 members (excludes halogenated alkanes) is 1. The minimum atomic E-state index is 0.584. The maximum Gasteiger partial charge on any atom is 0.0935 e. The summed E-state index contributed by atoms with van der Waals surface area (Å²) in [6.45, 7) is 5.29. The number of aryl methyl sites for hydroxylation is 1. The van der Waals surface area contributed by atoms with Crippen molar-refractivity contribution < 1.29 is 0 Å². The van der Waals surface area contributed by atoms with Crippen molar-refractivity contribution in [2.24, 2.45) is 5.73 Å². The Morgan fingerprint density at radius 2 is 2.04 bits per heavy atom. The van der Waals surface area contributed by atoms with Gasteiger partial charge in [0.15, 0.2) is 0 Å². The van der Waals surface area contributed by atoms with Crippen LogP contribution in [-0.2, 0) is 6.42 Å². The van der Waals surface area contributed by atoms with Gasteiger partial charge in [0.1, 0.15) is 0 Å². The molecular weight excluding hydrogens is 336 g/mol. The molecule has 2 nitrogen and oxygen atoms in total. The van der Waals surface area contributed by atoms with Gasteiger partial charge in [-0.25, -0.2) is 0 Å². The molecule has 0 fully saturated rings. The molecule has 0 radical (unpaired) electrons. The third kappa shape index (κ3) is 3.53. The SMILES string of the molecule is CCC(C)c1ccc2[nH]c(-c3ccc(Cl)s3)c(CCCCN)c2c1. The average Bonchev–Trinajstić information content (AvgIpc) is 3.17. The fourth-order valence-electron chi connectivity index (χ4n) is 3.17. The Bertz CT molecular complexity index is 818. The maximum absolute atomic E-state index is 6.16. The van der Waals surface area contributed by atoms with Gasteiger partial charge in [0.25, 0.3) is 0 Å². The number of benzene rings is 1. The van der Waals surface area contributed by atoms with E-state index in [-0.39, 0.29) is 0 Å². The van der Waals surface area contributed by atoms with Crippen LogP contribution < -0.4 is 5.73 Å². The van der Waals surface area contributed by atoms with E-state index in [0.29, 0.717) is 5.92 Å². The fourth-order valence-corrected chi connectivity index (χ4v) is 4.24. The molecule has 0 aliphatic rings. The predicted molar refractivity (Wildman–Crippen MR) is 107 cm³/mol. The first-order valence-electron chi connectivity index (χ1n) is 8.74. The highest BCUT2D eigenvalue weighted by molar-refractivity contribution is 7.19. The topological polar surface area (TPSA) is 41.8 Å². The summed E-state index contributed by atoms with van der Waals surface area (Å²) < 4.78 is 0.830. The Kier molecular flexibility index (Phi) is 5.65. The smallest absolute Gasteiger partial charge is 0.0935 e. The van der Waals surface area contributed by atoms with Gasteiger partial charge in [0.2, 0.25) is 0 Å². The van der Waals surface area contributed by atoms with Crippen LogP contribution in [0.2, 0.25) is 4.34 Å². The van der Waals surface area contributed by atoms with Crippen LogP contribution in [-0.4, -0.2) is 11.5 Å². The average molecular weight is 361 g/mol. The van der Waals surface area contributed by atoms with Crippen molar-refractivity contribution in [3.05, 3.63) is 45.8 Å². The number of hydrogen-bond acceptors (Lipinski definition) is 2. The number of hydrogen-bond donors (Lipinski definition) is 2. The van der Waals surface area contributed by atoms with Crippen molar-refractivity contribution in [2.45, 2.75) is 45.4 Å². The summed E-state index contributed by atoms with van der Waals surface area (Å²) >= 11 is 7.80. The maximum atomic E-state index is 6.16. The molecule has 3 aromatic rings. The molecule has 0 bridgehead atoms. The highest BCUT2D eigenvalue weighted by Gasteiger charge is 2.16. The van der Waals surface area contributed by atoms with Crippen LogP contribution in [0.1, 0.15) is 50.2 Å². The summed E-state index contributed by atoms with van der Waals surface area (Å²) in [7, 11) is 0. The Morgan fingerprint density at radius 1 is 1.21 bits per heavy atom. The van der Waals surface area contributed by atoms with E-state index in [4.69, 9.17) is 17.3 Å². The normalized spacial score (nSPS) is 12.8. The van der Waals surface area contributed by atoms with E-state index in [1.165, 1.54) is 32.6 Å². The van der Waals surface area contributed by atoms with E-state index in [0.717, 1.165) is 36.6 Å². The van der Waals surface area contributed by atoms with Gasteiger partial charge < -0.3 is 10.7 Å². The van der Waals surface area contributed by atoms with E-state index >= 15 is 0 Å². The number of rotatable bonds is 7. The van der Waals surface area contributed by atoms with Crippen LogP contribution >= 0.6 is 22.9 Å². The Balaban J connectivity index is 2.10. The number of nitrogens with two attached hydrogens (primary N) is 1. The number of aromatic nitrogens is 1. The van der Waals surface area contributed by atoms with Crippen LogP contribution in [0.4, 0.5) is 0 Å². The molecule has 4 heteroatoms. The van der Waals surface area contributed by atoms with E-state index in [2.05, 4.69) is 43.1 Å². The molecule has 0 spiro atoms. The lowest BCUT2D eigenvalue weighted by atomic mass is 9.95. The van der Waals surface area contributed by atoms with Crippen LogP contribution in [0.15, 0.2) is 30.3 Å². The molecule has 3 rings (SSSR count). The van der Waals surface area contributed by atoms with Gasteiger partial charge in [0.05, 0.1) is 14.9 Å². The van der Waals surface area contributed by atoms with Crippen molar-refractivity contribution >= 4 is 33.8 Å². The van der Waals surface area contributed by atoms with Crippen molar-refractivity contribution in [1.82, 2.24) is 4.98 Å². The molecule has 0 saturated heterocycles. The fraction of sp³-hybridized carbons (Fsp3) is 0.400. The third-order valence-electron chi connectivity index (χ3n) is 4.81. The van der Waals surface area contributed by atoms with E-state index in [1.807, 2.05) is 6.07 Å². The summed E-state index contributed by atoms with van der Waals surface area (Å²) in [5, 5.41) is 1.35. The number of thiophene rings is 1. The van der Waals surface area contributed by atoms with Gasteiger partial charge in [-0.1, -0.05) is 31.5 Å². The lowest BCUT2D eigenvalue weighted by Gasteiger charge is -2.09. The number of nitrogens with one attached hydrogen (secondary N) is 1. The van der Waals surface area contributed by atoms with Gasteiger partial charge >= 0.3 is 0 Å². The number of aromatic amines is 1. The largest absolute Gasteiger partial charge is 0.354 e. The van der Waals surface area contributed by atoms with Crippen molar-refractivity contribution in [2.75, 3.05) is 6.54 Å². The zero-order valence-electron chi connectivity index (χ0n) is 14.4. The van der Waals surface area contributed by atoms with Crippen LogP contribution in [0.5, 0.6) is 0 Å². The van der Waals surface area contributed by atoms with Crippen LogP contribution in [0.3, 0.4) is 0 Å². The first kappa shape index (κ1) is 17.5. The minimum absolute atomic E-state index is 0.584. The first-order chi connectivity index (χ1) is 11.6. The molecule has 1 aromatic carbocycles. The highest BCUT2D eigenvalue weighted by atomic mass is 35.5. The number of fused-ring (bicyclic) bond motifs is 1. The zero-order chi connectivity index (χ0) is 17.1. The van der Waals surface area contributed by atoms with E-state index in [9.17, 15) is 0 Å². The minimum Gasteiger partial charge on any atom is -0.354 e. The second-order valence-corrected chi connectivity index (χ2v) is 8.16. The van der Waals surface area contributed by atoms with Gasteiger partial charge in [-0.05, 0) is 73.5 Å². The van der Waals surface area contributed by atoms with E-state index < -0.39 is 0 Å². The lowest BCUT2D eigenvalue weighted by Crippen LogP contribution is -1.99. The second-order valence-electron chi connectivity index (χ2n) is 6.44. The van der Waals surface area contributed by atoms with E-state index in [1.54, 1.807) is 11.3 Å². The summed E-state index contributed by atoms with van der Waals surface area (Å²) in [6, 6.07) is 10.9. The molecule has 2 heterocycles. The first-order valence-corrected chi connectivity index (χ1v) is 9.93. The molecule has 0 saturated carbocycles. The summed E-state index contributed by atoms with van der Waals surface area (Å²) in [6.07, 6.45) is 4.38. The van der Waals surface area contributed by atoms with Crippen LogP contribution in [0.25, 0.3) is 21.5 Å². The monoisotopic (exact) mass is 360 g/mol. The summed E-state index contributed by atoms with van der Waals surface area (Å²) in [4.78, 5) is 4.84. The van der Waals surface area contributed by atoms with Gasteiger partial charge in [-0.15, -0.1) is 11.3 Å². The molecule has 3 N–H and O–H groups in total. The van der Waals surface area contributed by atoms with Crippen molar-refractivity contribution in [3.8, 4) is 10.6 Å². The Labute approximate surface area is 153 Å². The number of halogens is 1. The molecule has 0 amide bonds. The Morgan fingerprint density at radius 3 is 2.71 bits per heavy atom. The lowest BCUT2D eigenvalue weighted by molar-refractivity contribution is 0.734. The number of H-pyrrole nitrogens is 1. The molecule has 2 aromatic heterocycles. The zero-order valence-corrected chi connectivity index (χ0v) is 15.9. The van der Waals surface area contributed by atoms with Gasteiger partial charge in [0, 0.05) is 10.9 Å². The summed E-state index contributed by atoms with van der Waals surface area (Å²) in [5.41, 5.74) is 10.9. The standard InChI is InChI=1S/C20H25ClN2S/c1-3-13(2)14-7-8-17-16(12-14)15(6-4-5-11-22)20(23-17)18-9-10-19(21)24-18/h7-10,12-13,23H,3-6,11,22H2,1-2H3. The van der Waals surface area contributed by atoms with Crippen molar-refractivity contribution in [3.63, 3.8) is 0 Å². The quantitative estimate of drug-likeness (QED) is 0.474. The molecule has 0 aliphatic carbocycles. The molecule has 0 aliphatic heterocycles. The molecule has 24 heavy (non-hydrogen) atoms. The second kappa shape index (κ2) is 7.73. The summed E-state index contributed by atoms with van der Waals surface area (Å²) in [5.74, 6) is 0.584.